The third-order valence-corrected chi connectivity index (χ3v) is 2.28. The van der Waals surface area contributed by atoms with Gasteiger partial charge in [-0.25, -0.2) is 4.79 Å². The number of carbonyl (C=O) groups excluding carboxylic acids is 1. The summed E-state index contributed by atoms with van der Waals surface area (Å²) >= 11 is 0. The first kappa shape index (κ1) is 13.5. The summed E-state index contributed by atoms with van der Waals surface area (Å²) in [6.45, 7) is 8.65. The van der Waals surface area contributed by atoms with Gasteiger partial charge in [-0.2, -0.15) is 0 Å². The predicted octanol–water partition coefficient (Wildman–Crippen LogP) is 2.76. The van der Waals surface area contributed by atoms with E-state index in [1.807, 2.05) is 45.9 Å². The van der Waals surface area contributed by atoms with Gasteiger partial charge in [0.05, 0.1) is 18.3 Å². The number of aryl methyl sites for hydroxylation is 1. The van der Waals surface area contributed by atoms with Crippen LogP contribution in [0.25, 0.3) is 0 Å². The van der Waals surface area contributed by atoms with Gasteiger partial charge < -0.3 is 9.64 Å². The lowest BCUT2D eigenvalue weighted by Crippen LogP contribution is -2.32. The topological polar surface area (TPSA) is 42.4 Å². The van der Waals surface area contributed by atoms with Gasteiger partial charge in [0, 0.05) is 12.2 Å². The molecule has 0 aromatic carbocycles. The highest BCUT2D eigenvalue weighted by Crippen LogP contribution is 2.06. The van der Waals surface area contributed by atoms with Crippen LogP contribution in [0.5, 0.6) is 0 Å². The molecule has 1 aromatic rings. The van der Waals surface area contributed by atoms with Crippen LogP contribution in [0.2, 0.25) is 0 Å². The highest BCUT2D eigenvalue weighted by atomic mass is 16.6. The van der Waals surface area contributed by atoms with Crippen molar-refractivity contribution in [2.45, 2.75) is 40.3 Å². The van der Waals surface area contributed by atoms with Gasteiger partial charge in [0.25, 0.3) is 0 Å². The summed E-state index contributed by atoms with van der Waals surface area (Å²) in [4.78, 5) is 17.8. The molecule has 0 unspecified atom stereocenters. The zero-order valence-corrected chi connectivity index (χ0v) is 10.9. The van der Waals surface area contributed by atoms with Gasteiger partial charge in [-0.15, -0.1) is 0 Å². The summed E-state index contributed by atoms with van der Waals surface area (Å²) in [5, 5.41) is 0. The number of aromatic nitrogens is 1. The standard InChI is InChI=1S/C13H20N2O2/c1-5-15(13(16)17-10(2)3)9-12-8-6-7-11(4)14-12/h6-8,10H,5,9H2,1-4H3. The lowest BCUT2D eigenvalue weighted by molar-refractivity contribution is 0.0758. The molecule has 4 nitrogen and oxygen atoms in total. The van der Waals surface area contributed by atoms with E-state index in [1.54, 1.807) is 4.90 Å². The molecule has 0 radical (unpaired) electrons. The zero-order chi connectivity index (χ0) is 12.8. The molecule has 1 amide bonds. The van der Waals surface area contributed by atoms with Crippen molar-refractivity contribution in [3.8, 4) is 0 Å². The van der Waals surface area contributed by atoms with Gasteiger partial charge in [-0.05, 0) is 39.8 Å². The van der Waals surface area contributed by atoms with Crippen LogP contribution in [0.3, 0.4) is 0 Å². The van der Waals surface area contributed by atoms with Crippen molar-refractivity contribution >= 4 is 6.09 Å². The van der Waals surface area contributed by atoms with Gasteiger partial charge in [-0.1, -0.05) is 6.07 Å². The summed E-state index contributed by atoms with van der Waals surface area (Å²) in [5.74, 6) is 0. The summed E-state index contributed by atoms with van der Waals surface area (Å²) in [7, 11) is 0. The maximum absolute atomic E-state index is 11.7. The monoisotopic (exact) mass is 236 g/mol. The second kappa shape index (κ2) is 6.23. The van der Waals surface area contributed by atoms with Crippen LogP contribution < -0.4 is 0 Å². The van der Waals surface area contributed by atoms with Crippen molar-refractivity contribution in [3.05, 3.63) is 29.6 Å². The van der Waals surface area contributed by atoms with E-state index in [2.05, 4.69) is 4.98 Å². The lowest BCUT2D eigenvalue weighted by Gasteiger charge is -2.21. The number of nitrogens with zero attached hydrogens (tertiary/aromatic N) is 2. The van der Waals surface area contributed by atoms with Crippen molar-refractivity contribution in [1.82, 2.24) is 9.88 Å². The maximum atomic E-state index is 11.7. The van der Waals surface area contributed by atoms with E-state index in [0.29, 0.717) is 13.1 Å². The molecule has 1 aromatic heterocycles. The van der Waals surface area contributed by atoms with Crippen LogP contribution in [-0.2, 0) is 11.3 Å². The molecule has 0 atom stereocenters. The van der Waals surface area contributed by atoms with Crippen molar-refractivity contribution < 1.29 is 9.53 Å². The summed E-state index contributed by atoms with van der Waals surface area (Å²) in [6, 6.07) is 5.80. The van der Waals surface area contributed by atoms with Crippen LogP contribution >= 0.6 is 0 Å². The molecule has 94 valence electrons. The van der Waals surface area contributed by atoms with E-state index in [4.69, 9.17) is 4.74 Å². The molecule has 0 aliphatic rings. The molecule has 0 fully saturated rings. The van der Waals surface area contributed by atoms with E-state index in [-0.39, 0.29) is 12.2 Å². The third-order valence-electron chi connectivity index (χ3n) is 2.28. The second-order valence-electron chi connectivity index (χ2n) is 4.22. The highest BCUT2D eigenvalue weighted by Gasteiger charge is 2.15. The van der Waals surface area contributed by atoms with Gasteiger partial charge >= 0.3 is 6.09 Å². The molecule has 0 saturated carbocycles. The molecule has 4 heteroatoms. The Morgan fingerprint density at radius 3 is 2.71 bits per heavy atom. The second-order valence-corrected chi connectivity index (χ2v) is 4.22. The fourth-order valence-corrected chi connectivity index (χ4v) is 1.46. The fourth-order valence-electron chi connectivity index (χ4n) is 1.46. The lowest BCUT2D eigenvalue weighted by atomic mass is 10.3. The van der Waals surface area contributed by atoms with Crippen molar-refractivity contribution in [1.29, 1.82) is 0 Å². The van der Waals surface area contributed by atoms with Crippen molar-refractivity contribution in [2.75, 3.05) is 6.54 Å². The Kier molecular flexibility index (Phi) is 4.94. The smallest absolute Gasteiger partial charge is 0.410 e. The van der Waals surface area contributed by atoms with Crippen LogP contribution in [0.1, 0.15) is 32.2 Å². The Morgan fingerprint density at radius 1 is 1.47 bits per heavy atom. The number of hydrogen-bond acceptors (Lipinski definition) is 3. The van der Waals surface area contributed by atoms with Crippen LogP contribution in [0.4, 0.5) is 4.79 Å². The number of pyridine rings is 1. The van der Waals surface area contributed by atoms with Crippen molar-refractivity contribution in [3.63, 3.8) is 0 Å². The summed E-state index contributed by atoms with van der Waals surface area (Å²) in [6.07, 6.45) is -0.382. The Hall–Kier alpha value is -1.58. The molecule has 0 aliphatic carbocycles. The Morgan fingerprint density at radius 2 is 2.18 bits per heavy atom. The number of rotatable bonds is 4. The van der Waals surface area contributed by atoms with Gasteiger partial charge in [0.15, 0.2) is 0 Å². The molecular formula is C13H20N2O2. The first-order chi connectivity index (χ1) is 8.02. The van der Waals surface area contributed by atoms with Crippen molar-refractivity contribution in [2.24, 2.45) is 0 Å². The fraction of sp³-hybridized carbons (Fsp3) is 0.538. The predicted molar refractivity (Wildman–Crippen MR) is 66.7 cm³/mol. The highest BCUT2D eigenvalue weighted by molar-refractivity contribution is 5.67. The average Bonchev–Trinajstić information content (AvgIpc) is 2.24. The molecule has 0 saturated heterocycles. The third kappa shape index (κ3) is 4.43. The minimum Gasteiger partial charge on any atom is -0.447 e. The summed E-state index contributed by atoms with van der Waals surface area (Å²) in [5.41, 5.74) is 1.84. The number of ether oxygens (including phenoxy) is 1. The number of carbonyl (C=O) groups is 1. The Labute approximate surface area is 103 Å². The van der Waals surface area contributed by atoms with Crippen LogP contribution in [-0.4, -0.2) is 28.6 Å². The SMILES string of the molecule is CCN(Cc1cccc(C)n1)C(=O)OC(C)C. The molecule has 1 rings (SSSR count). The molecule has 0 spiro atoms. The van der Waals surface area contributed by atoms with Gasteiger partial charge in [-0.3, -0.25) is 4.98 Å². The zero-order valence-electron chi connectivity index (χ0n) is 10.9. The average molecular weight is 236 g/mol. The quantitative estimate of drug-likeness (QED) is 0.807. The van der Waals surface area contributed by atoms with Crippen LogP contribution in [0, 0.1) is 6.92 Å². The van der Waals surface area contributed by atoms with E-state index >= 15 is 0 Å². The van der Waals surface area contributed by atoms with E-state index < -0.39 is 0 Å². The molecule has 0 aliphatic heterocycles. The molecular weight excluding hydrogens is 216 g/mol. The Balaban J connectivity index is 2.66. The minimum atomic E-state index is -0.286. The minimum absolute atomic E-state index is 0.0954. The normalized spacial score (nSPS) is 10.4. The van der Waals surface area contributed by atoms with E-state index in [1.165, 1.54) is 0 Å². The molecule has 0 N–H and O–H groups in total. The largest absolute Gasteiger partial charge is 0.447 e. The van der Waals surface area contributed by atoms with Crippen LogP contribution in [0.15, 0.2) is 18.2 Å². The Bertz CT molecular complexity index is 377. The van der Waals surface area contributed by atoms with Gasteiger partial charge in [0.2, 0.25) is 0 Å². The molecule has 1 heterocycles. The molecule has 17 heavy (non-hydrogen) atoms. The number of amides is 1. The summed E-state index contributed by atoms with van der Waals surface area (Å²) < 4.78 is 5.16. The first-order valence-corrected chi connectivity index (χ1v) is 5.91. The molecule has 0 bridgehead atoms. The van der Waals surface area contributed by atoms with E-state index in [9.17, 15) is 4.79 Å². The first-order valence-electron chi connectivity index (χ1n) is 5.91. The van der Waals surface area contributed by atoms with Gasteiger partial charge in [0.1, 0.15) is 0 Å². The maximum Gasteiger partial charge on any atom is 0.410 e. The van der Waals surface area contributed by atoms with E-state index in [0.717, 1.165) is 11.4 Å². The number of hydrogen-bond donors (Lipinski definition) is 0.